The Hall–Kier alpha value is -4.32. The van der Waals surface area contributed by atoms with Gasteiger partial charge in [-0.2, -0.15) is 0 Å². The molecule has 0 unspecified atom stereocenters. The number of nitrogens with zero attached hydrogens (tertiary/aromatic N) is 1. The third-order valence-electron chi connectivity index (χ3n) is 5.22. The molecule has 6 nitrogen and oxygen atoms in total. The summed E-state index contributed by atoms with van der Waals surface area (Å²) in [5, 5.41) is 2.85. The van der Waals surface area contributed by atoms with E-state index < -0.39 is 0 Å². The summed E-state index contributed by atoms with van der Waals surface area (Å²) in [6.45, 7) is 0.637. The van der Waals surface area contributed by atoms with Crippen LogP contribution in [-0.4, -0.2) is 18.4 Å². The van der Waals surface area contributed by atoms with Crippen LogP contribution < -0.4 is 15.0 Å². The van der Waals surface area contributed by atoms with Crippen LogP contribution in [0.25, 0.3) is 0 Å². The van der Waals surface area contributed by atoms with Crippen molar-refractivity contribution in [1.82, 2.24) is 5.32 Å². The second kappa shape index (κ2) is 11.5. The highest BCUT2D eigenvalue weighted by molar-refractivity contribution is 5.94. The average molecular weight is 455 g/mol. The Bertz CT molecular complexity index is 1190. The van der Waals surface area contributed by atoms with Crippen molar-refractivity contribution < 1.29 is 18.7 Å². The first-order valence-electron chi connectivity index (χ1n) is 11.1. The van der Waals surface area contributed by atoms with E-state index in [1.807, 2.05) is 91.0 Å². The van der Waals surface area contributed by atoms with E-state index in [2.05, 4.69) is 5.32 Å². The minimum atomic E-state index is -0.174. The Balaban J connectivity index is 1.47. The highest BCUT2D eigenvalue weighted by Gasteiger charge is 2.18. The predicted octanol–water partition coefficient (Wildman–Crippen LogP) is 4.75. The highest BCUT2D eigenvalue weighted by atomic mass is 16.5. The van der Waals surface area contributed by atoms with Gasteiger partial charge in [0.25, 0.3) is 5.91 Å². The lowest BCUT2D eigenvalue weighted by atomic mass is 10.1. The molecule has 0 saturated heterocycles. The van der Waals surface area contributed by atoms with Crippen molar-refractivity contribution in [3.63, 3.8) is 0 Å². The van der Waals surface area contributed by atoms with Crippen molar-refractivity contribution >= 4 is 17.5 Å². The Morgan fingerprint density at radius 3 is 2.29 bits per heavy atom. The van der Waals surface area contributed by atoms with E-state index in [4.69, 9.17) is 9.15 Å². The molecule has 0 aliphatic carbocycles. The lowest BCUT2D eigenvalue weighted by Gasteiger charge is -2.24. The van der Waals surface area contributed by atoms with Gasteiger partial charge in [-0.05, 0) is 47.5 Å². The standard InChI is InChI=1S/C28H26N2O4/c31-27(29-19-26-15-8-16-33-26)18-23-11-7-12-24(17-23)30(20-22-9-3-1-4-10-22)28(32)21-34-25-13-5-2-6-14-25/h1-17H,18-21H2,(H,29,31). The number of hydrogen-bond donors (Lipinski definition) is 1. The largest absolute Gasteiger partial charge is 0.484 e. The van der Waals surface area contributed by atoms with Crippen molar-refractivity contribution in [2.45, 2.75) is 19.5 Å². The molecule has 0 atom stereocenters. The summed E-state index contributed by atoms with van der Waals surface area (Å²) < 4.78 is 11.0. The van der Waals surface area contributed by atoms with E-state index in [1.165, 1.54) is 0 Å². The van der Waals surface area contributed by atoms with Gasteiger partial charge in [-0.1, -0.05) is 60.7 Å². The van der Waals surface area contributed by atoms with Gasteiger partial charge in [-0.3, -0.25) is 9.59 Å². The molecule has 2 amide bonds. The molecule has 0 fully saturated rings. The van der Waals surface area contributed by atoms with Crippen LogP contribution in [0, 0.1) is 0 Å². The predicted molar refractivity (Wildman–Crippen MR) is 130 cm³/mol. The van der Waals surface area contributed by atoms with Crippen LogP contribution in [0.15, 0.2) is 108 Å². The molecule has 0 aliphatic heterocycles. The molecule has 4 rings (SSSR count). The minimum absolute atomic E-state index is 0.0926. The molecule has 1 aromatic heterocycles. The van der Waals surface area contributed by atoms with Gasteiger partial charge < -0.3 is 19.4 Å². The fourth-order valence-electron chi connectivity index (χ4n) is 3.51. The Kier molecular flexibility index (Phi) is 7.74. The van der Waals surface area contributed by atoms with Gasteiger partial charge in [-0.15, -0.1) is 0 Å². The second-order valence-corrected chi connectivity index (χ2v) is 7.77. The molecule has 3 aromatic carbocycles. The summed E-state index contributed by atoms with van der Waals surface area (Å²) in [4.78, 5) is 27.3. The summed E-state index contributed by atoms with van der Waals surface area (Å²) in [7, 11) is 0. The Labute approximate surface area is 198 Å². The monoisotopic (exact) mass is 454 g/mol. The Morgan fingerprint density at radius 2 is 1.56 bits per heavy atom. The first kappa shape index (κ1) is 22.9. The lowest BCUT2D eigenvalue weighted by molar-refractivity contribution is -0.121. The number of benzene rings is 3. The number of carbonyl (C=O) groups is 2. The second-order valence-electron chi connectivity index (χ2n) is 7.77. The Morgan fingerprint density at radius 1 is 0.824 bits per heavy atom. The fourth-order valence-corrected chi connectivity index (χ4v) is 3.51. The van der Waals surface area contributed by atoms with Crippen LogP contribution in [-0.2, 0) is 29.1 Å². The quantitative estimate of drug-likeness (QED) is 0.375. The number of rotatable bonds is 10. The SMILES string of the molecule is O=C(Cc1cccc(N(Cc2ccccc2)C(=O)COc2ccccc2)c1)NCc1ccco1. The van der Waals surface area contributed by atoms with E-state index in [0.717, 1.165) is 11.1 Å². The van der Waals surface area contributed by atoms with Crippen molar-refractivity contribution in [2.75, 3.05) is 11.5 Å². The van der Waals surface area contributed by atoms with E-state index in [9.17, 15) is 9.59 Å². The molecule has 0 radical (unpaired) electrons. The summed E-state index contributed by atoms with van der Waals surface area (Å²) in [5.74, 6) is 1.03. The van der Waals surface area contributed by atoms with Crippen LogP contribution >= 0.6 is 0 Å². The van der Waals surface area contributed by atoms with Crippen LogP contribution in [0.3, 0.4) is 0 Å². The number of nitrogens with one attached hydrogen (secondary N) is 1. The van der Waals surface area contributed by atoms with Crippen LogP contribution in [0.1, 0.15) is 16.9 Å². The minimum Gasteiger partial charge on any atom is -0.484 e. The molecular weight excluding hydrogens is 428 g/mol. The third kappa shape index (κ3) is 6.59. The number of anilines is 1. The van der Waals surface area contributed by atoms with Gasteiger partial charge in [0.15, 0.2) is 6.61 Å². The van der Waals surface area contributed by atoms with E-state index in [-0.39, 0.29) is 24.8 Å². The maximum Gasteiger partial charge on any atom is 0.265 e. The first-order valence-corrected chi connectivity index (χ1v) is 11.1. The molecule has 0 spiro atoms. The lowest BCUT2D eigenvalue weighted by Crippen LogP contribution is -2.34. The highest BCUT2D eigenvalue weighted by Crippen LogP contribution is 2.21. The van der Waals surface area contributed by atoms with E-state index in [1.54, 1.807) is 17.2 Å². The van der Waals surface area contributed by atoms with Crippen molar-refractivity contribution in [1.29, 1.82) is 0 Å². The van der Waals surface area contributed by atoms with E-state index in [0.29, 0.717) is 30.3 Å². The number of carbonyl (C=O) groups excluding carboxylic acids is 2. The zero-order chi connectivity index (χ0) is 23.6. The fraction of sp³-hybridized carbons (Fsp3) is 0.143. The number of furan rings is 1. The van der Waals surface area contributed by atoms with Crippen LogP contribution in [0.2, 0.25) is 0 Å². The normalized spacial score (nSPS) is 10.5. The van der Waals surface area contributed by atoms with Gasteiger partial charge in [0.2, 0.25) is 5.91 Å². The number of amides is 2. The maximum atomic E-state index is 13.2. The summed E-state index contributed by atoms with van der Waals surface area (Å²) >= 11 is 0. The smallest absolute Gasteiger partial charge is 0.265 e. The molecular formula is C28H26N2O4. The molecule has 34 heavy (non-hydrogen) atoms. The third-order valence-corrected chi connectivity index (χ3v) is 5.22. The first-order chi connectivity index (χ1) is 16.7. The topological polar surface area (TPSA) is 71.8 Å². The molecule has 6 heteroatoms. The molecule has 4 aromatic rings. The zero-order valence-electron chi connectivity index (χ0n) is 18.7. The van der Waals surface area contributed by atoms with Gasteiger partial charge in [0.1, 0.15) is 11.5 Å². The number of hydrogen-bond acceptors (Lipinski definition) is 4. The average Bonchev–Trinajstić information content (AvgIpc) is 3.40. The van der Waals surface area contributed by atoms with Crippen molar-refractivity contribution in [2.24, 2.45) is 0 Å². The van der Waals surface area contributed by atoms with E-state index >= 15 is 0 Å². The van der Waals surface area contributed by atoms with Gasteiger partial charge in [-0.25, -0.2) is 0 Å². The molecule has 0 aliphatic rings. The van der Waals surface area contributed by atoms with Crippen molar-refractivity contribution in [3.05, 3.63) is 120 Å². The summed E-state index contributed by atoms with van der Waals surface area (Å²) in [6.07, 6.45) is 1.77. The molecule has 1 heterocycles. The number of ether oxygens (including phenoxy) is 1. The number of para-hydroxylation sites is 1. The van der Waals surface area contributed by atoms with Gasteiger partial charge in [0.05, 0.1) is 25.8 Å². The van der Waals surface area contributed by atoms with Crippen LogP contribution in [0.5, 0.6) is 5.75 Å². The summed E-state index contributed by atoms with van der Waals surface area (Å²) in [5.41, 5.74) is 2.52. The van der Waals surface area contributed by atoms with Gasteiger partial charge >= 0.3 is 0 Å². The zero-order valence-corrected chi connectivity index (χ0v) is 18.7. The molecule has 1 N–H and O–H groups in total. The molecule has 0 saturated carbocycles. The maximum absolute atomic E-state index is 13.2. The summed E-state index contributed by atoms with van der Waals surface area (Å²) in [6, 6.07) is 30.1. The van der Waals surface area contributed by atoms with Gasteiger partial charge in [0, 0.05) is 5.69 Å². The molecule has 0 bridgehead atoms. The van der Waals surface area contributed by atoms with Crippen molar-refractivity contribution in [3.8, 4) is 5.75 Å². The van der Waals surface area contributed by atoms with Crippen LogP contribution in [0.4, 0.5) is 5.69 Å². The molecule has 172 valence electrons.